The summed E-state index contributed by atoms with van der Waals surface area (Å²) in [5, 5.41) is 5.96. The number of pyridine rings is 1. The van der Waals surface area contributed by atoms with Crippen molar-refractivity contribution in [1.82, 2.24) is 25.2 Å². The number of carbonyl (C=O) groups is 1. The minimum Gasteiger partial charge on any atom is -0.352 e. The van der Waals surface area contributed by atoms with Crippen LogP contribution < -0.4 is 21.1 Å². The zero-order valence-corrected chi connectivity index (χ0v) is 16.2. The molecule has 3 rings (SSSR count). The summed E-state index contributed by atoms with van der Waals surface area (Å²) in [4.78, 5) is 35.8. The Hall–Kier alpha value is -2.64. The normalized spacial score (nSPS) is 16.3. The van der Waals surface area contributed by atoms with Crippen LogP contribution in [-0.2, 0) is 6.54 Å². The van der Waals surface area contributed by atoms with Crippen LogP contribution in [0.1, 0.15) is 40.0 Å². The first kappa shape index (κ1) is 19.1. The molecular weight excluding hydrogens is 344 g/mol. The predicted octanol–water partition coefficient (Wildman–Crippen LogP) is 1.88. The molecule has 8 nitrogen and oxygen atoms in total. The number of fused-ring (bicyclic) bond motifs is 1. The number of aromatic nitrogens is 3. The Labute approximate surface area is 159 Å². The molecule has 1 aliphatic heterocycles. The van der Waals surface area contributed by atoms with Crippen LogP contribution >= 0.6 is 0 Å². The third-order valence-corrected chi connectivity index (χ3v) is 5.12. The first-order valence-corrected chi connectivity index (χ1v) is 9.71. The molecular formula is C19H28N6O2. The van der Waals surface area contributed by atoms with E-state index in [0.717, 1.165) is 24.8 Å². The molecule has 27 heavy (non-hydrogen) atoms. The van der Waals surface area contributed by atoms with E-state index in [1.165, 1.54) is 0 Å². The lowest BCUT2D eigenvalue weighted by Crippen LogP contribution is -2.50. The average molecular weight is 372 g/mol. The maximum atomic E-state index is 12.9. The second-order valence-electron chi connectivity index (χ2n) is 7.02. The topological polar surface area (TPSA) is 92.2 Å². The Bertz CT molecular complexity index is 857. The Kier molecular flexibility index (Phi) is 5.93. The van der Waals surface area contributed by atoms with E-state index >= 15 is 0 Å². The molecule has 2 N–H and O–H groups in total. The highest BCUT2D eigenvalue weighted by molar-refractivity contribution is 5.74. The third-order valence-electron chi connectivity index (χ3n) is 5.12. The first-order valence-electron chi connectivity index (χ1n) is 9.71. The number of nitrogens with zero attached hydrogens (tertiary/aromatic N) is 4. The summed E-state index contributed by atoms with van der Waals surface area (Å²) in [7, 11) is 0. The van der Waals surface area contributed by atoms with Gasteiger partial charge in [0.25, 0.3) is 5.56 Å². The van der Waals surface area contributed by atoms with Crippen LogP contribution in [0.2, 0.25) is 0 Å². The third kappa shape index (κ3) is 4.20. The van der Waals surface area contributed by atoms with Gasteiger partial charge in [-0.2, -0.15) is 0 Å². The van der Waals surface area contributed by atoms with Crippen molar-refractivity contribution in [2.24, 2.45) is 0 Å². The van der Waals surface area contributed by atoms with E-state index in [9.17, 15) is 9.59 Å². The summed E-state index contributed by atoms with van der Waals surface area (Å²) in [6, 6.07) is 3.86. The van der Waals surface area contributed by atoms with E-state index in [1.807, 2.05) is 37.8 Å². The fourth-order valence-electron chi connectivity index (χ4n) is 3.35. The van der Waals surface area contributed by atoms with E-state index in [2.05, 4.69) is 20.6 Å². The van der Waals surface area contributed by atoms with Crippen LogP contribution in [0, 0.1) is 0 Å². The highest BCUT2D eigenvalue weighted by atomic mass is 16.2. The molecule has 2 aromatic rings. The van der Waals surface area contributed by atoms with Gasteiger partial charge in [-0.05, 0) is 45.2 Å². The van der Waals surface area contributed by atoms with Crippen LogP contribution in [0.5, 0.6) is 0 Å². The molecule has 146 valence electrons. The van der Waals surface area contributed by atoms with Crippen LogP contribution in [0.15, 0.2) is 23.1 Å². The van der Waals surface area contributed by atoms with Gasteiger partial charge in [-0.15, -0.1) is 0 Å². The monoisotopic (exact) mass is 372 g/mol. The summed E-state index contributed by atoms with van der Waals surface area (Å²) < 4.78 is 1.67. The number of anilines is 1. The number of nitrogens with one attached hydrogen (secondary N) is 2. The summed E-state index contributed by atoms with van der Waals surface area (Å²) in [6.07, 6.45) is 4.15. The number of hydrogen-bond acceptors (Lipinski definition) is 5. The van der Waals surface area contributed by atoms with E-state index in [4.69, 9.17) is 0 Å². The molecule has 1 unspecified atom stereocenters. The molecule has 0 saturated carbocycles. The smallest absolute Gasteiger partial charge is 0.315 e. The van der Waals surface area contributed by atoms with E-state index < -0.39 is 0 Å². The van der Waals surface area contributed by atoms with Crippen molar-refractivity contribution in [3.63, 3.8) is 0 Å². The lowest BCUT2D eigenvalue weighted by atomic mass is 10.1. The quantitative estimate of drug-likeness (QED) is 0.836. The van der Waals surface area contributed by atoms with Gasteiger partial charge in [0.1, 0.15) is 5.52 Å². The Balaban J connectivity index is 1.70. The maximum Gasteiger partial charge on any atom is 0.315 e. The lowest BCUT2D eigenvalue weighted by molar-refractivity contribution is 0.231. The molecule has 2 aromatic heterocycles. The SMILES string of the molecule is CCC(C)NC(=O)NC1CCN(c2nc3cccnc3n(CC)c2=O)CC1. The van der Waals surface area contributed by atoms with Gasteiger partial charge in [-0.25, -0.2) is 14.8 Å². The highest BCUT2D eigenvalue weighted by Gasteiger charge is 2.24. The van der Waals surface area contributed by atoms with Gasteiger partial charge in [-0.1, -0.05) is 6.92 Å². The largest absolute Gasteiger partial charge is 0.352 e. The number of carbonyl (C=O) groups excluding carboxylic acids is 1. The van der Waals surface area contributed by atoms with Crippen LogP contribution in [0.25, 0.3) is 11.2 Å². The molecule has 1 aliphatic rings. The summed E-state index contributed by atoms with van der Waals surface area (Å²) in [5.74, 6) is 0.472. The predicted molar refractivity (Wildman–Crippen MR) is 106 cm³/mol. The van der Waals surface area contributed by atoms with Crippen molar-refractivity contribution in [3.05, 3.63) is 28.7 Å². The van der Waals surface area contributed by atoms with Gasteiger partial charge in [-0.3, -0.25) is 9.36 Å². The molecule has 0 bridgehead atoms. The Morgan fingerprint density at radius 3 is 2.74 bits per heavy atom. The molecule has 3 heterocycles. The second-order valence-corrected chi connectivity index (χ2v) is 7.02. The average Bonchev–Trinajstić information content (AvgIpc) is 2.68. The summed E-state index contributed by atoms with van der Waals surface area (Å²) in [5.41, 5.74) is 1.23. The fourth-order valence-corrected chi connectivity index (χ4v) is 3.35. The zero-order valence-electron chi connectivity index (χ0n) is 16.2. The molecule has 1 fully saturated rings. The standard InChI is InChI=1S/C19H28N6O2/c1-4-13(3)21-19(27)22-14-8-11-24(12-9-14)17-18(26)25(5-2)16-15(23-17)7-6-10-20-16/h6-7,10,13-14H,4-5,8-9,11-12H2,1-3H3,(H2,21,22,27). The van der Waals surface area contributed by atoms with Gasteiger partial charge in [0.15, 0.2) is 11.5 Å². The van der Waals surface area contributed by atoms with Crippen LogP contribution in [-0.4, -0.2) is 45.7 Å². The van der Waals surface area contributed by atoms with Crippen molar-refractivity contribution in [2.45, 2.75) is 58.7 Å². The number of aryl methyl sites for hydroxylation is 1. The molecule has 2 amide bonds. The van der Waals surface area contributed by atoms with E-state index in [-0.39, 0.29) is 23.7 Å². The van der Waals surface area contributed by atoms with Gasteiger partial charge in [0, 0.05) is 37.9 Å². The van der Waals surface area contributed by atoms with Crippen LogP contribution in [0.3, 0.4) is 0 Å². The summed E-state index contributed by atoms with van der Waals surface area (Å²) >= 11 is 0. The van der Waals surface area contributed by atoms with Gasteiger partial charge >= 0.3 is 6.03 Å². The summed E-state index contributed by atoms with van der Waals surface area (Å²) in [6.45, 7) is 7.89. The van der Waals surface area contributed by atoms with Gasteiger partial charge in [0.2, 0.25) is 0 Å². The minimum absolute atomic E-state index is 0.107. The molecule has 1 atom stereocenters. The Morgan fingerprint density at radius 2 is 2.07 bits per heavy atom. The maximum absolute atomic E-state index is 12.9. The van der Waals surface area contributed by atoms with Crippen molar-refractivity contribution in [2.75, 3.05) is 18.0 Å². The number of hydrogen-bond donors (Lipinski definition) is 2. The molecule has 1 saturated heterocycles. The number of urea groups is 1. The lowest BCUT2D eigenvalue weighted by Gasteiger charge is -2.33. The van der Waals surface area contributed by atoms with Crippen molar-refractivity contribution in [3.8, 4) is 0 Å². The van der Waals surface area contributed by atoms with Gasteiger partial charge < -0.3 is 15.5 Å². The zero-order chi connectivity index (χ0) is 19.4. The molecule has 0 radical (unpaired) electrons. The molecule has 0 aliphatic carbocycles. The number of piperidine rings is 1. The highest BCUT2D eigenvalue weighted by Crippen LogP contribution is 2.17. The fraction of sp³-hybridized carbons (Fsp3) is 0.579. The van der Waals surface area contributed by atoms with Crippen molar-refractivity contribution >= 4 is 23.0 Å². The van der Waals surface area contributed by atoms with Gasteiger partial charge in [0.05, 0.1) is 0 Å². The minimum atomic E-state index is -0.119. The second kappa shape index (κ2) is 8.37. The molecule has 8 heteroatoms. The van der Waals surface area contributed by atoms with Crippen LogP contribution in [0.4, 0.5) is 10.6 Å². The van der Waals surface area contributed by atoms with Crippen molar-refractivity contribution in [1.29, 1.82) is 0 Å². The van der Waals surface area contributed by atoms with E-state index in [1.54, 1.807) is 10.8 Å². The first-order chi connectivity index (χ1) is 13.0. The van der Waals surface area contributed by atoms with Crippen molar-refractivity contribution < 1.29 is 4.79 Å². The number of rotatable bonds is 5. The number of amides is 2. The Morgan fingerprint density at radius 1 is 1.33 bits per heavy atom. The molecule has 0 aromatic carbocycles. The molecule has 0 spiro atoms. The van der Waals surface area contributed by atoms with E-state index in [0.29, 0.717) is 31.1 Å².